The van der Waals surface area contributed by atoms with Gasteiger partial charge in [0.15, 0.2) is 0 Å². The van der Waals surface area contributed by atoms with Gasteiger partial charge in [0.2, 0.25) is 5.71 Å². The van der Waals surface area contributed by atoms with Crippen molar-refractivity contribution >= 4 is 39.7 Å². The van der Waals surface area contributed by atoms with Gasteiger partial charge in [-0.15, -0.1) is 18.2 Å². The van der Waals surface area contributed by atoms with Gasteiger partial charge in [-0.3, -0.25) is 0 Å². The van der Waals surface area contributed by atoms with E-state index < -0.39 is 26.5 Å². The predicted molar refractivity (Wildman–Crippen MR) is 168 cm³/mol. The Labute approximate surface area is 266 Å². The van der Waals surface area contributed by atoms with E-state index in [0.29, 0.717) is 11.3 Å². The molecular weight excluding hydrogens is 743 g/mol. The minimum atomic E-state index is -2.26. The summed E-state index contributed by atoms with van der Waals surface area (Å²) in [4.78, 5) is 13.1. The Morgan fingerprint density at radius 1 is 0.927 bits per heavy atom. The first-order valence-corrected chi connectivity index (χ1v) is 20.7. The summed E-state index contributed by atoms with van der Waals surface area (Å²) >= 11 is -2.20. The Bertz CT molecular complexity index is 1940. The summed E-state index contributed by atoms with van der Waals surface area (Å²) in [6.45, 7) is 1.62. The van der Waals surface area contributed by atoms with Crippen LogP contribution in [0.5, 0.6) is 0 Å². The molecule has 41 heavy (non-hydrogen) atoms. The Hall–Kier alpha value is -3.12. The van der Waals surface area contributed by atoms with Crippen molar-refractivity contribution < 1.29 is 31.4 Å². The van der Waals surface area contributed by atoms with Gasteiger partial charge < -0.3 is 9.40 Å². The van der Waals surface area contributed by atoms with E-state index >= 15 is 0 Å². The zero-order valence-corrected chi connectivity index (χ0v) is 28.2. The number of rotatable bonds is 5. The summed E-state index contributed by atoms with van der Waals surface area (Å²) in [5.41, 5.74) is 4.95. The van der Waals surface area contributed by atoms with Crippen molar-refractivity contribution in [2.24, 2.45) is 5.92 Å². The maximum atomic E-state index is 8.56. The van der Waals surface area contributed by atoms with E-state index in [2.05, 4.69) is 44.4 Å². The van der Waals surface area contributed by atoms with Gasteiger partial charge in [0.25, 0.3) is 0 Å². The Morgan fingerprint density at radius 3 is 2.44 bits per heavy atom. The van der Waals surface area contributed by atoms with Crippen LogP contribution in [0.3, 0.4) is 0 Å². The van der Waals surface area contributed by atoms with Crippen LogP contribution >= 0.6 is 0 Å². The van der Waals surface area contributed by atoms with E-state index in [4.69, 9.17) is 11.3 Å². The van der Waals surface area contributed by atoms with Gasteiger partial charge in [0.05, 0.1) is 5.58 Å². The summed E-state index contributed by atoms with van der Waals surface area (Å²) in [6.07, 6.45) is 2.27. The van der Waals surface area contributed by atoms with Gasteiger partial charge in [0.1, 0.15) is 0 Å². The van der Waals surface area contributed by atoms with Crippen LogP contribution in [0.15, 0.2) is 89.6 Å². The smallest absolute Gasteiger partial charge is 0 e. The molecule has 0 amide bonds. The summed E-state index contributed by atoms with van der Waals surface area (Å²) < 4.78 is 46.5. The van der Waals surface area contributed by atoms with Crippen molar-refractivity contribution in [3.63, 3.8) is 0 Å². The summed E-state index contributed by atoms with van der Waals surface area (Å²) in [5.74, 6) is 6.77. The molecule has 0 saturated heterocycles. The number of pyridine rings is 3. The number of aryl methyl sites for hydroxylation is 1. The third-order valence-corrected chi connectivity index (χ3v) is 10.6. The third kappa shape index (κ3) is 7.21. The van der Waals surface area contributed by atoms with E-state index in [1.165, 1.54) is 6.07 Å². The average Bonchev–Trinajstić information content (AvgIpc) is 3.39. The molecule has 0 bridgehead atoms. The predicted octanol–water partition coefficient (Wildman–Crippen LogP) is 8.44. The molecule has 211 valence electrons. The molecule has 4 aromatic heterocycles. The van der Waals surface area contributed by atoms with Gasteiger partial charge >= 0.3 is 128 Å². The first-order valence-electron chi connectivity index (χ1n) is 15.8. The molecule has 4 nitrogen and oxygen atoms in total. The molecule has 1 radical (unpaired) electrons. The first kappa shape index (κ1) is 24.5. The summed E-state index contributed by atoms with van der Waals surface area (Å²) in [5, 5.41) is 1.64. The number of fused-ring (bicyclic) bond motifs is 3. The van der Waals surface area contributed by atoms with Crippen molar-refractivity contribution in [1.29, 1.82) is 0 Å². The van der Waals surface area contributed by atoms with Crippen molar-refractivity contribution in [1.82, 2.24) is 15.0 Å². The van der Waals surface area contributed by atoms with Crippen LogP contribution in [0, 0.1) is 24.9 Å². The quantitative estimate of drug-likeness (QED) is 0.130. The second kappa shape index (κ2) is 13.2. The molecule has 6 aromatic rings. The van der Waals surface area contributed by atoms with E-state index in [1.807, 2.05) is 74.6 Å². The molecular formula is C35H35GeIrN3O-2. The third-order valence-electron chi connectivity index (χ3n) is 6.36. The molecule has 0 spiro atoms. The molecule has 6 rings (SSSR count). The first-order chi connectivity index (χ1) is 21.2. The van der Waals surface area contributed by atoms with Crippen LogP contribution in [0.25, 0.3) is 44.6 Å². The summed E-state index contributed by atoms with van der Waals surface area (Å²) in [6, 6.07) is 28.5. The Morgan fingerprint density at radius 2 is 1.76 bits per heavy atom. The molecule has 0 aliphatic rings. The van der Waals surface area contributed by atoms with Gasteiger partial charge in [-0.2, -0.15) is 0 Å². The maximum Gasteiger partial charge on any atom is 0 e. The zero-order chi connectivity index (χ0) is 32.6. The number of benzene rings is 2. The fourth-order valence-corrected chi connectivity index (χ4v) is 7.45. The van der Waals surface area contributed by atoms with Crippen molar-refractivity contribution in [2.75, 3.05) is 0 Å². The van der Waals surface area contributed by atoms with Gasteiger partial charge in [0, 0.05) is 41.5 Å². The molecule has 6 heteroatoms. The van der Waals surface area contributed by atoms with Crippen LogP contribution in [0.2, 0.25) is 17.3 Å². The SMILES string of the molecule is [2H]C([2H])([2H])c1ccc2c(n1)oc1c(-c3ccccn3)[c-]ccc12.[2H]C([2H])(c1cc(-c2[c-]cccc2)nc[c]1[Ge]([CH3])([CH3])[CH3])C(C)C.[Ir]. The number of hydrogen-bond donors (Lipinski definition) is 0. The monoisotopic (exact) mass is 785 g/mol. The molecule has 0 aliphatic heterocycles. The molecule has 4 heterocycles. The fourth-order valence-electron chi connectivity index (χ4n) is 4.51. The molecule has 0 N–H and O–H groups in total. The number of hydrogen-bond acceptors (Lipinski definition) is 4. The van der Waals surface area contributed by atoms with Crippen LogP contribution in [-0.2, 0) is 26.5 Å². The van der Waals surface area contributed by atoms with Crippen molar-refractivity contribution in [2.45, 2.75) is 44.3 Å². The average molecular weight is 784 g/mol. The van der Waals surface area contributed by atoms with E-state index in [1.54, 1.807) is 18.3 Å². The van der Waals surface area contributed by atoms with Gasteiger partial charge in [-0.05, 0) is 30.7 Å². The van der Waals surface area contributed by atoms with Crippen molar-refractivity contribution in [3.05, 3.63) is 109 Å². The largest absolute Gasteiger partial charge is 0 e. The van der Waals surface area contributed by atoms with Crippen LogP contribution < -0.4 is 4.40 Å². The van der Waals surface area contributed by atoms with E-state index in [0.717, 1.165) is 43.2 Å². The van der Waals surface area contributed by atoms with Gasteiger partial charge in [-0.1, -0.05) is 23.1 Å². The van der Waals surface area contributed by atoms with Crippen LogP contribution in [0.4, 0.5) is 0 Å². The number of aromatic nitrogens is 3. The zero-order valence-electron chi connectivity index (χ0n) is 28.7. The molecule has 0 aliphatic carbocycles. The van der Waals surface area contributed by atoms with E-state index in [9.17, 15) is 0 Å². The summed E-state index contributed by atoms with van der Waals surface area (Å²) in [7, 11) is 0. The normalized spacial score (nSPS) is 13.8. The van der Waals surface area contributed by atoms with Crippen LogP contribution in [-0.4, -0.2) is 28.2 Å². The van der Waals surface area contributed by atoms with Crippen LogP contribution in [0.1, 0.15) is 32.0 Å². The fraction of sp³-hybridized carbons (Fsp3) is 0.229. The maximum absolute atomic E-state index is 8.56. The van der Waals surface area contributed by atoms with E-state index in [-0.39, 0.29) is 31.7 Å². The Balaban J connectivity index is 0.000000205. The standard InChI is InChI=1S/C18H24GeN.C17H11N2O.Ir/c1-14(2)11-16-12-18(15-9-7-6-8-10-15)20-13-17(16)19(3,4)5;1-11-8-9-13-12-5-4-6-14(15-7-2-3-10-18-15)16(12)20-17(13)19-11;/h6-9,12-14H,11H2,1-5H3;2-5,7-10H,1H3;/q2*-1;/i11D2;1D3;. The molecule has 0 saturated carbocycles. The minimum Gasteiger partial charge on any atom is 0 e. The number of nitrogens with zero attached hydrogens (tertiary/aromatic N) is 3. The van der Waals surface area contributed by atoms with Crippen molar-refractivity contribution in [3.8, 4) is 22.5 Å². The molecule has 0 unspecified atom stereocenters. The minimum absolute atomic E-state index is 0. The Kier molecular flexibility index (Phi) is 7.91. The van der Waals surface area contributed by atoms with Gasteiger partial charge in [-0.25, -0.2) is 4.98 Å². The second-order valence-electron chi connectivity index (χ2n) is 10.9. The second-order valence-corrected chi connectivity index (χ2v) is 21.5. The number of furan rings is 1. The molecule has 0 fully saturated rings. The topological polar surface area (TPSA) is 51.8 Å². The molecule has 2 aromatic carbocycles. The molecule has 0 atom stereocenters.